The molecule has 2 aromatic rings. The van der Waals surface area contributed by atoms with Crippen molar-refractivity contribution in [2.24, 2.45) is 0 Å². The van der Waals surface area contributed by atoms with E-state index >= 15 is 0 Å². The summed E-state index contributed by atoms with van der Waals surface area (Å²) in [4.78, 5) is 11.0. The van der Waals surface area contributed by atoms with Gasteiger partial charge in [0.15, 0.2) is 0 Å². The molecular weight excluding hydrogens is 218 g/mol. The molecule has 17 heavy (non-hydrogen) atoms. The van der Waals surface area contributed by atoms with E-state index in [1.807, 2.05) is 31.2 Å². The standard InChI is InChI=1S/C13H15NO3/c1-3-17-11-4-5-12-10(8-11)6-7-14(12)9(2)13(15)16/h4-9H,3H2,1-2H3,(H,15,16). The predicted molar refractivity (Wildman–Crippen MR) is 65.5 cm³/mol. The lowest BCUT2D eigenvalue weighted by molar-refractivity contribution is -0.140. The lowest BCUT2D eigenvalue weighted by atomic mass is 10.2. The molecule has 1 aromatic carbocycles. The Morgan fingerprint density at radius 3 is 2.88 bits per heavy atom. The molecule has 0 bridgehead atoms. The first-order chi connectivity index (χ1) is 8.13. The molecule has 0 aliphatic rings. The number of carboxylic acid groups (broad SMARTS) is 1. The lowest BCUT2D eigenvalue weighted by Gasteiger charge is -2.10. The number of fused-ring (bicyclic) bond motifs is 1. The van der Waals surface area contributed by atoms with E-state index in [9.17, 15) is 4.79 Å². The summed E-state index contributed by atoms with van der Waals surface area (Å²) < 4.78 is 7.15. The van der Waals surface area contributed by atoms with Gasteiger partial charge in [0.05, 0.1) is 6.61 Å². The topological polar surface area (TPSA) is 51.5 Å². The van der Waals surface area contributed by atoms with Gasteiger partial charge in [-0.3, -0.25) is 0 Å². The molecule has 1 unspecified atom stereocenters. The van der Waals surface area contributed by atoms with Crippen molar-refractivity contribution in [3.05, 3.63) is 30.5 Å². The van der Waals surface area contributed by atoms with Gasteiger partial charge in [-0.25, -0.2) is 4.79 Å². The van der Waals surface area contributed by atoms with Crippen LogP contribution in [-0.4, -0.2) is 22.2 Å². The molecule has 1 atom stereocenters. The molecule has 0 amide bonds. The van der Waals surface area contributed by atoms with E-state index in [0.717, 1.165) is 16.7 Å². The lowest BCUT2D eigenvalue weighted by Crippen LogP contribution is -2.14. The maximum atomic E-state index is 11.0. The van der Waals surface area contributed by atoms with Crippen LogP contribution in [0.25, 0.3) is 10.9 Å². The highest BCUT2D eigenvalue weighted by Crippen LogP contribution is 2.24. The minimum Gasteiger partial charge on any atom is -0.494 e. The summed E-state index contributed by atoms with van der Waals surface area (Å²) in [5, 5.41) is 10.00. The number of carboxylic acids is 1. The smallest absolute Gasteiger partial charge is 0.326 e. The minimum absolute atomic E-state index is 0.564. The largest absolute Gasteiger partial charge is 0.494 e. The highest BCUT2D eigenvalue weighted by molar-refractivity contribution is 5.84. The van der Waals surface area contributed by atoms with E-state index in [1.165, 1.54) is 0 Å². The number of benzene rings is 1. The van der Waals surface area contributed by atoms with Gasteiger partial charge < -0.3 is 14.4 Å². The Morgan fingerprint density at radius 1 is 1.47 bits per heavy atom. The Morgan fingerprint density at radius 2 is 2.24 bits per heavy atom. The van der Waals surface area contributed by atoms with Gasteiger partial charge in [-0.2, -0.15) is 0 Å². The average molecular weight is 233 g/mol. The molecule has 4 nitrogen and oxygen atoms in total. The molecule has 0 radical (unpaired) electrons. The van der Waals surface area contributed by atoms with Gasteiger partial charge in [0.2, 0.25) is 0 Å². The summed E-state index contributed by atoms with van der Waals surface area (Å²) in [7, 11) is 0. The quantitative estimate of drug-likeness (QED) is 0.883. The second-order valence-electron chi connectivity index (χ2n) is 3.89. The van der Waals surface area contributed by atoms with Crippen LogP contribution in [0.5, 0.6) is 5.75 Å². The van der Waals surface area contributed by atoms with Crippen LogP contribution in [0.2, 0.25) is 0 Å². The molecule has 2 rings (SSSR count). The Labute approximate surface area is 99.4 Å². The number of aromatic nitrogens is 1. The zero-order valence-electron chi connectivity index (χ0n) is 9.88. The van der Waals surface area contributed by atoms with Gasteiger partial charge in [0, 0.05) is 17.1 Å². The third kappa shape index (κ3) is 2.11. The molecule has 0 spiro atoms. The maximum Gasteiger partial charge on any atom is 0.326 e. The van der Waals surface area contributed by atoms with Crippen LogP contribution in [0, 0.1) is 0 Å². The van der Waals surface area contributed by atoms with Crippen LogP contribution in [-0.2, 0) is 4.79 Å². The summed E-state index contributed by atoms with van der Waals surface area (Å²) in [6.45, 7) is 4.22. The summed E-state index contributed by atoms with van der Waals surface area (Å²) in [5.74, 6) is -0.0305. The average Bonchev–Trinajstić information content (AvgIpc) is 2.71. The summed E-state index contributed by atoms with van der Waals surface area (Å²) in [5.41, 5.74) is 0.906. The molecule has 0 aliphatic carbocycles. The van der Waals surface area contributed by atoms with E-state index in [-0.39, 0.29) is 0 Å². The highest BCUT2D eigenvalue weighted by Gasteiger charge is 2.14. The second-order valence-corrected chi connectivity index (χ2v) is 3.89. The number of aliphatic carboxylic acids is 1. The summed E-state index contributed by atoms with van der Waals surface area (Å²) in [6, 6.07) is 7.00. The fourth-order valence-electron chi connectivity index (χ4n) is 1.86. The molecular formula is C13H15NO3. The fourth-order valence-corrected chi connectivity index (χ4v) is 1.86. The van der Waals surface area contributed by atoms with Crippen molar-refractivity contribution in [1.82, 2.24) is 4.57 Å². The Hall–Kier alpha value is -1.97. The second kappa shape index (κ2) is 4.49. The van der Waals surface area contributed by atoms with E-state index in [0.29, 0.717) is 6.61 Å². The molecule has 0 saturated carbocycles. The predicted octanol–water partition coefficient (Wildman–Crippen LogP) is 2.69. The summed E-state index contributed by atoms with van der Waals surface area (Å²) in [6.07, 6.45) is 1.79. The van der Waals surface area contributed by atoms with Gasteiger partial charge in [-0.1, -0.05) is 0 Å². The van der Waals surface area contributed by atoms with Crippen LogP contribution in [0.3, 0.4) is 0 Å². The molecule has 0 saturated heterocycles. The van der Waals surface area contributed by atoms with Gasteiger partial charge in [0.25, 0.3) is 0 Å². The Kier molecular flexibility index (Phi) is 3.04. The minimum atomic E-state index is -0.837. The molecule has 0 aliphatic heterocycles. The molecule has 1 heterocycles. The van der Waals surface area contributed by atoms with Crippen molar-refractivity contribution < 1.29 is 14.6 Å². The number of rotatable bonds is 4. The molecule has 1 aromatic heterocycles. The van der Waals surface area contributed by atoms with E-state index in [4.69, 9.17) is 9.84 Å². The zero-order valence-corrected chi connectivity index (χ0v) is 9.88. The van der Waals surface area contributed by atoms with Crippen LogP contribution in [0.15, 0.2) is 30.5 Å². The Bertz CT molecular complexity index is 545. The number of hydrogen-bond acceptors (Lipinski definition) is 2. The molecule has 90 valence electrons. The van der Waals surface area contributed by atoms with Gasteiger partial charge in [-0.05, 0) is 38.1 Å². The van der Waals surface area contributed by atoms with E-state index in [1.54, 1.807) is 17.7 Å². The maximum absolute atomic E-state index is 11.0. The first-order valence-corrected chi connectivity index (χ1v) is 5.59. The van der Waals surface area contributed by atoms with Crippen molar-refractivity contribution in [1.29, 1.82) is 0 Å². The third-order valence-electron chi connectivity index (χ3n) is 2.78. The van der Waals surface area contributed by atoms with Gasteiger partial charge in [-0.15, -0.1) is 0 Å². The van der Waals surface area contributed by atoms with Crippen LogP contribution in [0.1, 0.15) is 19.9 Å². The monoisotopic (exact) mass is 233 g/mol. The summed E-state index contributed by atoms with van der Waals surface area (Å²) >= 11 is 0. The van der Waals surface area contributed by atoms with E-state index < -0.39 is 12.0 Å². The highest BCUT2D eigenvalue weighted by atomic mass is 16.5. The van der Waals surface area contributed by atoms with Crippen molar-refractivity contribution in [2.75, 3.05) is 6.61 Å². The van der Waals surface area contributed by atoms with Crippen LogP contribution < -0.4 is 4.74 Å². The first kappa shape index (κ1) is 11.5. The third-order valence-corrected chi connectivity index (χ3v) is 2.78. The first-order valence-electron chi connectivity index (χ1n) is 5.59. The number of hydrogen-bond donors (Lipinski definition) is 1. The number of ether oxygens (including phenoxy) is 1. The normalized spacial score (nSPS) is 12.6. The van der Waals surface area contributed by atoms with E-state index in [2.05, 4.69) is 0 Å². The van der Waals surface area contributed by atoms with Gasteiger partial charge in [0.1, 0.15) is 11.8 Å². The molecule has 1 N–H and O–H groups in total. The number of nitrogens with zero attached hydrogens (tertiary/aromatic N) is 1. The molecule has 4 heteroatoms. The van der Waals surface area contributed by atoms with Crippen LogP contribution in [0.4, 0.5) is 0 Å². The van der Waals surface area contributed by atoms with Gasteiger partial charge >= 0.3 is 5.97 Å². The van der Waals surface area contributed by atoms with Crippen molar-refractivity contribution >= 4 is 16.9 Å². The van der Waals surface area contributed by atoms with Crippen molar-refractivity contribution in [3.63, 3.8) is 0 Å². The fraction of sp³-hybridized carbons (Fsp3) is 0.308. The van der Waals surface area contributed by atoms with Crippen molar-refractivity contribution in [3.8, 4) is 5.75 Å². The number of carbonyl (C=O) groups is 1. The van der Waals surface area contributed by atoms with Crippen LogP contribution >= 0.6 is 0 Å². The SMILES string of the molecule is CCOc1ccc2c(ccn2C(C)C(=O)O)c1. The molecule has 0 fully saturated rings. The van der Waals surface area contributed by atoms with Crippen molar-refractivity contribution in [2.45, 2.75) is 19.9 Å². The Balaban J connectivity index is 2.44. The zero-order chi connectivity index (χ0) is 12.4.